The van der Waals surface area contributed by atoms with Gasteiger partial charge in [-0.2, -0.15) is 9.97 Å². The number of carbonyl (C=O) groups is 2. The molecule has 8 rings (SSSR count). The van der Waals surface area contributed by atoms with Crippen molar-refractivity contribution in [1.82, 2.24) is 29.7 Å². The zero-order valence-corrected chi connectivity index (χ0v) is 31.9. The van der Waals surface area contributed by atoms with Crippen LogP contribution in [-0.4, -0.2) is 117 Å². The number of fused-ring (bicyclic) bond motifs is 3. The number of amides is 2. The number of hydrogen-bond donors (Lipinski definition) is 0. The van der Waals surface area contributed by atoms with E-state index in [-0.39, 0.29) is 58.2 Å². The van der Waals surface area contributed by atoms with Gasteiger partial charge in [0.2, 0.25) is 5.91 Å². The highest BCUT2D eigenvalue weighted by atomic mass is 19.2. The number of likely N-dealkylation sites (tertiary alicyclic amines) is 2. The Balaban J connectivity index is 1.08. The monoisotopic (exact) mass is 775 g/mol. The van der Waals surface area contributed by atoms with Crippen molar-refractivity contribution in [3.63, 3.8) is 0 Å². The lowest BCUT2D eigenvalue weighted by Gasteiger charge is -2.39. The fourth-order valence-corrected chi connectivity index (χ4v) is 8.58. The molecule has 6 heterocycles. The van der Waals surface area contributed by atoms with Gasteiger partial charge in [0.1, 0.15) is 35.4 Å². The maximum atomic E-state index is 16.8. The van der Waals surface area contributed by atoms with Gasteiger partial charge in [0.25, 0.3) is 0 Å². The average Bonchev–Trinajstić information content (AvgIpc) is 3.86. The fourth-order valence-electron chi connectivity index (χ4n) is 8.58. The summed E-state index contributed by atoms with van der Waals surface area (Å²) in [6.45, 7) is 7.97. The molecule has 4 aliphatic heterocycles. The van der Waals surface area contributed by atoms with E-state index in [2.05, 4.69) is 14.9 Å². The van der Waals surface area contributed by atoms with E-state index in [4.69, 9.17) is 14.5 Å². The van der Waals surface area contributed by atoms with Gasteiger partial charge in [-0.15, -0.1) is 0 Å². The first-order valence-corrected chi connectivity index (χ1v) is 19.2. The van der Waals surface area contributed by atoms with Crippen LogP contribution in [0.5, 0.6) is 6.01 Å². The van der Waals surface area contributed by atoms with Crippen LogP contribution >= 0.6 is 0 Å². The Morgan fingerprint density at radius 1 is 1.04 bits per heavy atom. The van der Waals surface area contributed by atoms with Crippen LogP contribution in [0.2, 0.25) is 0 Å². The Morgan fingerprint density at radius 2 is 1.86 bits per heavy atom. The zero-order valence-electron chi connectivity index (χ0n) is 31.9. The lowest BCUT2D eigenvalue weighted by atomic mass is 9.95. The number of aromatic nitrogens is 3. The number of carbonyl (C=O) groups excluding carboxylic acids is 2. The molecule has 296 valence electrons. The van der Waals surface area contributed by atoms with Crippen molar-refractivity contribution >= 4 is 39.5 Å². The Hall–Kier alpha value is -5.05. The van der Waals surface area contributed by atoms with E-state index in [0.717, 1.165) is 31.9 Å². The van der Waals surface area contributed by atoms with E-state index >= 15 is 8.78 Å². The highest BCUT2D eigenvalue weighted by Gasteiger charge is 2.49. The number of rotatable bonds is 8. The molecule has 0 saturated carbocycles. The molecule has 0 spiro atoms. The maximum Gasteiger partial charge on any atom is 0.410 e. The molecule has 4 aromatic rings. The van der Waals surface area contributed by atoms with Crippen LogP contribution in [0.4, 0.5) is 28.2 Å². The third kappa shape index (κ3) is 6.98. The Kier molecular flexibility index (Phi) is 9.78. The second-order valence-electron chi connectivity index (χ2n) is 16.4. The summed E-state index contributed by atoms with van der Waals surface area (Å²) in [7, 11) is 1.80. The molecule has 0 bridgehead atoms. The molecule has 4 fully saturated rings. The minimum absolute atomic E-state index is 0.0597. The number of ether oxygens (including phenoxy) is 2. The number of pyridine rings is 1. The fraction of sp³-hybridized carbons (Fsp3) is 0.488. The maximum absolute atomic E-state index is 16.8. The lowest BCUT2D eigenvalue weighted by Crippen LogP contribution is -2.51. The van der Waals surface area contributed by atoms with Crippen LogP contribution in [0.3, 0.4) is 0 Å². The second-order valence-corrected chi connectivity index (χ2v) is 16.4. The topological polar surface area (TPSA) is 104 Å². The van der Waals surface area contributed by atoms with Crippen molar-refractivity contribution < 1.29 is 36.6 Å². The van der Waals surface area contributed by atoms with Gasteiger partial charge in [-0.05, 0) is 64.5 Å². The molecule has 2 aromatic heterocycles. The summed E-state index contributed by atoms with van der Waals surface area (Å²) in [5.41, 5.74) is -1.43. The molecule has 11 nitrogen and oxygen atoms in total. The van der Waals surface area contributed by atoms with Crippen molar-refractivity contribution in [2.75, 3.05) is 51.3 Å². The van der Waals surface area contributed by atoms with Crippen LogP contribution < -0.4 is 9.64 Å². The predicted molar refractivity (Wildman–Crippen MR) is 203 cm³/mol. The summed E-state index contributed by atoms with van der Waals surface area (Å²) < 4.78 is 72.8. The third-order valence-electron chi connectivity index (χ3n) is 11.6. The minimum Gasteiger partial charge on any atom is -0.461 e. The van der Waals surface area contributed by atoms with Gasteiger partial charge < -0.3 is 24.2 Å². The standard InChI is InChI=1S/C41H45F4N7O4/c1-40(2,3)56-39(54)52-18-14-26(52)10-12-31(53)50-17-13-27(22-50)49(4)37-29-20-46-35(28-8-5-7-24-9-11-30(43)33(44)32(24)28)34(45)36(29)47-38(48-37)55-23-41-15-6-16-51(41)21-25(42)19-41/h5,7-12,20,25-27H,6,13-19,21-23H2,1-4H3/b12-10+/t25-,26-,27-,41+/m1/s1. The molecular weight excluding hydrogens is 730 g/mol. The molecular formula is C41H45F4N7O4. The highest BCUT2D eigenvalue weighted by Crippen LogP contribution is 2.41. The van der Waals surface area contributed by atoms with E-state index in [1.54, 1.807) is 55.8 Å². The van der Waals surface area contributed by atoms with E-state index in [1.807, 2.05) is 4.90 Å². The molecule has 2 amide bonds. The normalized spacial score (nSPS) is 24.0. The molecule has 0 aliphatic carbocycles. The summed E-state index contributed by atoms with van der Waals surface area (Å²) in [5, 5.41) is 0.527. The Morgan fingerprint density at radius 3 is 2.62 bits per heavy atom. The molecule has 2 aromatic carbocycles. The first-order chi connectivity index (χ1) is 26.7. The number of nitrogens with zero attached hydrogens (tertiary/aromatic N) is 7. The van der Waals surface area contributed by atoms with Gasteiger partial charge in [-0.1, -0.05) is 30.3 Å². The molecule has 4 saturated heterocycles. The summed E-state index contributed by atoms with van der Waals surface area (Å²) in [6.07, 6.45) is 6.53. The number of anilines is 1. The van der Waals surface area contributed by atoms with Crippen molar-refractivity contribution in [2.24, 2.45) is 0 Å². The summed E-state index contributed by atoms with van der Waals surface area (Å²) in [6, 6.07) is 6.57. The minimum atomic E-state index is -1.11. The van der Waals surface area contributed by atoms with Gasteiger partial charge in [0.15, 0.2) is 17.5 Å². The highest BCUT2D eigenvalue weighted by molar-refractivity contribution is 5.99. The molecule has 0 unspecified atom stereocenters. The van der Waals surface area contributed by atoms with Crippen molar-refractivity contribution in [3.05, 3.63) is 66.1 Å². The molecule has 4 atom stereocenters. The van der Waals surface area contributed by atoms with Gasteiger partial charge in [-0.3, -0.25) is 14.7 Å². The first kappa shape index (κ1) is 37.9. The van der Waals surface area contributed by atoms with E-state index in [1.165, 1.54) is 24.4 Å². The van der Waals surface area contributed by atoms with Gasteiger partial charge in [-0.25, -0.2) is 22.4 Å². The van der Waals surface area contributed by atoms with Crippen LogP contribution in [-0.2, 0) is 9.53 Å². The van der Waals surface area contributed by atoms with Crippen molar-refractivity contribution in [2.45, 2.75) is 82.3 Å². The molecule has 0 N–H and O–H groups in total. The summed E-state index contributed by atoms with van der Waals surface area (Å²) >= 11 is 0. The van der Waals surface area contributed by atoms with Crippen LogP contribution in [0, 0.1) is 17.5 Å². The van der Waals surface area contributed by atoms with Gasteiger partial charge >= 0.3 is 12.1 Å². The number of likely N-dealkylation sites (N-methyl/N-ethyl adjacent to an activating group) is 1. The second kappa shape index (κ2) is 14.5. The van der Waals surface area contributed by atoms with Gasteiger partial charge in [0.05, 0.1) is 17.0 Å². The SMILES string of the molecule is CN(c1nc(OC[C@@]23CCCN2C[C@H](F)C3)nc2c(F)c(-c3cccc4ccc(F)c(F)c34)ncc12)[C@@H]1CCN(C(=O)/C=C/[C@@H]2CCN2C(=O)OC(C)(C)C)C1. The Bertz CT molecular complexity index is 2230. The smallest absolute Gasteiger partial charge is 0.410 e. The number of hydrogen-bond acceptors (Lipinski definition) is 9. The van der Waals surface area contributed by atoms with Crippen molar-refractivity contribution in [1.29, 1.82) is 0 Å². The van der Waals surface area contributed by atoms with Crippen molar-refractivity contribution in [3.8, 4) is 17.3 Å². The molecule has 0 radical (unpaired) electrons. The zero-order chi connectivity index (χ0) is 39.5. The predicted octanol–water partition coefficient (Wildman–Crippen LogP) is 6.82. The van der Waals surface area contributed by atoms with Crippen LogP contribution in [0.15, 0.2) is 48.7 Å². The van der Waals surface area contributed by atoms with Gasteiger partial charge in [0, 0.05) is 68.9 Å². The number of halogens is 4. The summed E-state index contributed by atoms with van der Waals surface area (Å²) in [4.78, 5) is 46.8. The number of alkyl halides is 1. The van der Waals surface area contributed by atoms with E-state index in [9.17, 15) is 18.4 Å². The molecule has 56 heavy (non-hydrogen) atoms. The Labute approximate surface area is 322 Å². The quantitative estimate of drug-likeness (QED) is 0.141. The third-order valence-corrected chi connectivity index (χ3v) is 11.6. The molecule has 4 aliphatic rings. The first-order valence-electron chi connectivity index (χ1n) is 19.2. The van der Waals surface area contributed by atoms with Crippen LogP contribution in [0.1, 0.15) is 52.9 Å². The average molecular weight is 776 g/mol. The number of benzene rings is 2. The largest absolute Gasteiger partial charge is 0.461 e. The summed E-state index contributed by atoms with van der Waals surface area (Å²) in [5.74, 6) is -2.94. The lowest BCUT2D eigenvalue weighted by molar-refractivity contribution is -0.125. The van der Waals surface area contributed by atoms with Crippen LogP contribution in [0.25, 0.3) is 32.9 Å². The van der Waals surface area contributed by atoms with E-state index in [0.29, 0.717) is 50.2 Å². The van der Waals surface area contributed by atoms with E-state index < -0.39 is 40.9 Å². The molecule has 15 heteroatoms.